The van der Waals surface area contributed by atoms with E-state index in [1.807, 2.05) is 24.3 Å². The van der Waals surface area contributed by atoms with Crippen LogP contribution in [0.1, 0.15) is 5.56 Å². The summed E-state index contributed by atoms with van der Waals surface area (Å²) >= 11 is 7.28. The predicted octanol–water partition coefficient (Wildman–Crippen LogP) is 3.56. The molecule has 2 aromatic carbocycles. The van der Waals surface area contributed by atoms with E-state index in [4.69, 9.17) is 16.7 Å². The molecule has 2 aromatic rings. The Balaban J connectivity index is 1.88. The summed E-state index contributed by atoms with van der Waals surface area (Å²) in [5.74, 6) is 0.216. The van der Waals surface area contributed by atoms with Crippen LogP contribution in [0.15, 0.2) is 53.4 Å². The molecule has 0 saturated heterocycles. The van der Waals surface area contributed by atoms with Gasteiger partial charge in [0.2, 0.25) is 5.91 Å². The van der Waals surface area contributed by atoms with Gasteiger partial charge in [0, 0.05) is 15.6 Å². The minimum absolute atomic E-state index is 0.00309. The number of rotatable bonds is 5. The number of aliphatic hydroxyl groups is 1. The summed E-state index contributed by atoms with van der Waals surface area (Å²) in [6.07, 6.45) is 0. The molecule has 20 heavy (non-hydrogen) atoms. The Bertz CT molecular complexity index is 604. The molecule has 2 N–H and O–H groups in total. The van der Waals surface area contributed by atoms with E-state index in [0.717, 1.165) is 10.5 Å². The molecule has 0 spiro atoms. The molecule has 0 unspecified atom stereocenters. The van der Waals surface area contributed by atoms with Gasteiger partial charge in [0.25, 0.3) is 0 Å². The average molecular weight is 308 g/mol. The number of nitrogens with one attached hydrogen (secondary N) is 1. The second-order valence-electron chi connectivity index (χ2n) is 4.15. The molecule has 0 saturated carbocycles. The summed E-state index contributed by atoms with van der Waals surface area (Å²) in [6.45, 7) is 0.00309. The molecule has 3 nitrogen and oxygen atoms in total. The van der Waals surface area contributed by atoms with Crippen molar-refractivity contribution < 1.29 is 9.90 Å². The molecule has 0 bridgehead atoms. The van der Waals surface area contributed by atoms with Crippen LogP contribution in [0.25, 0.3) is 0 Å². The van der Waals surface area contributed by atoms with Crippen molar-refractivity contribution in [2.24, 2.45) is 0 Å². The van der Waals surface area contributed by atoms with Crippen molar-refractivity contribution in [2.75, 3.05) is 11.1 Å². The van der Waals surface area contributed by atoms with Crippen LogP contribution in [-0.4, -0.2) is 16.8 Å². The minimum Gasteiger partial charge on any atom is -0.392 e. The number of aliphatic hydroxyl groups excluding tert-OH is 1. The third kappa shape index (κ3) is 4.56. The zero-order valence-corrected chi connectivity index (χ0v) is 12.2. The Labute approximate surface area is 127 Å². The lowest BCUT2D eigenvalue weighted by Crippen LogP contribution is -2.13. The lowest BCUT2D eigenvalue weighted by molar-refractivity contribution is -0.113. The standard InChI is InChI=1S/C15H14ClNO2S/c16-12-4-2-5-13(8-12)17-15(19)10-20-14-6-1-3-11(7-14)9-18/h1-8,18H,9-10H2,(H,17,19). The van der Waals surface area contributed by atoms with Crippen molar-refractivity contribution in [3.05, 3.63) is 59.1 Å². The Morgan fingerprint density at radius 3 is 2.75 bits per heavy atom. The van der Waals surface area contributed by atoms with Crippen molar-refractivity contribution >= 4 is 35.0 Å². The molecule has 0 aliphatic rings. The SMILES string of the molecule is O=C(CSc1cccc(CO)c1)Nc1cccc(Cl)c1. The fourth-order valence-electron chi connectivity index (χ4n) is 1.65. The first kappa shape index (κ1) is 14.9. The zero-order chi connectivity index (χ0) is 14.4. The van der Waals surface area contributed by atoms with Gasteiger partial charge in [-0.1, -0.05) is 29.8 Å². The maximum Gasteiger partial charge on any atom is 0.234 e. The number of carbonyl (C=O) groups is 1. The van der Waals surface area contributed by atoms with E-state index in [2.05, 4.69) is 5.32 Å². The van der Waals surface area contributed by atoms with Crippen LogP contribution in [-0.2, 0) is 11.4 Å². The van der Waals surface area contributed by atoms with Crippen LogP contribution in [0.4, 0.5) is 5.69 Å². The number of hydrogen-bond donors (Lipinski definition) is 2. The molecule has 0 heterocycles. The van der Waals surface area contributed by atoms with Crippen LogP contribution in [0.2, 0.25) is 5.02 Å². The zero-order valence-electron chi connectivity index (χ0n) is 10.7. The summed E-state index contributed by atoms with van der Waals surface area (Å²) in [6, 6.07) is 14.5. The van der Waals surface area contributed by atoms with Gasteiger partial charge >= 0.3 is 0 Å². The van der Waals surface area contributed by atoms with Gasteiger partial charge in [-0.15, -0.1) is 11.8 Å². The van der Waals surface area contributed by atoms with E-state index in [0.29, 0.717) is 16.5 Å². The van der Waals surface area contributed by atoms with Crippen LogP contribution in [0.3, 0.4) is 0 Å². The Morgan fingerprint density at radius 2 is 2.00 bits per heavy atom. The van der Waals surface area contributed by atoms with Crippen LogP contribution >= 0.6 is 23.4 Å². The smallest absolute Gasteiger partial charge is 0.234 e. The van der Waals surface area contributed by atoms with Gasteiger partial charge in [0.05, 0.1) is 12.4 Å². The van der Waals surface area contributed by atoms with Gasteiger partial charge in [-0.2, -0.15) is 0 Å². The molecule has 2 rings (SSSR count). The highest BCUT2D eigenvalue weighted by Gasteiger charge is 2.04. The van der Waals surface area contributed by atoms with E-state index in [1.54, 1.807) is 24.3 Å². The summed E-state index contributed by atoms with van der Waals surface area (Å²) in [7, 11) is 0. The molecule has 1 amide bonds. The number of halogens is 1. The van der Waals surface area contributed by atoms with Gasteiger partial charge in [-0.3, -0.25) is 4.79 Å². The molecular weight excluding hydrogens is 294 g/mol. The molecule has 0 atom stereocenters. The highest BCUT2D eigenvalue weighted by molar-refractivity contribution is 8.00. The van der Waals surface area contributed by atoms with E-state index in [9.17, 15) is 4.79 Å². The van der Waals surface area contributed by atoms with Gasteiger partial charge < -0.3 is 10.4 Å². The van der Waals surface area contributed by atoms with Crippen molar-refractivity contribution in [1.82, 2.24) is 0 Å². The predicted molar refractivity (Wildman–Crippen MR) is 83.2 cm³/mol. The Kier molecular flexibility index (Phi) is 5.47. The van der Waals surface area contributed by atoms with Crippen molar-refractivity contribution in [2.45, 2.75) is 11.5 Å². The molecule has 0 aliphatic heterocycles. The molecule has 0 fully saturated rings. The van der Waals surface area contributed by atoms with Crippen LogP contribution in [0, 0.1) is 0 Å². The molecular formula is C15H14ClNO2S. The normalized spacial score (nSPS) is 10.3. The largest absolute Gasteiger partial charge is 0.392 e. The third-order valence-corrected chi connectivity index (χ3v) is 3.79. The van der Waals surface area contributed by atoms with Crippen LogP contribution < -0.4 is 5.32 Å². The van der Waals surface area contributed by atoms with Crippen LogP contribution in [0.5, 0.6) is 0 Å². The minimum atomic E-state index is -0.0910. The van der Waals surface area contributed by atoms with Gasteiger partial charge in [0.1, 0.15) is 0 Å². The number of benzene rings is 2. The number of amides is 1. The highest BCUT2D eigenvalue weighted by Crippen LogP contribution is 2.20. The summed E-state index contributed by atoms with van der Waals surface area (Å²) in [5.41, 5.74) is 1.53. The second-order valence-corrected chi connectivity index (χ2v) is 5.64. The van der Waals surface area contributed by atoms with Crippen molar-refractivity contribution in [3.63, 3.8) is 0 Å². The van der Waals surface area contributed by atoms with Crippen molar-refractivity contribution in [3.8, 4) is 0 Å². The van der Waals surface area contributed by atoms with Gasteiger partial charge in [-0.05, 0) is 35.9 Å². The maximum absolute atomic E-state index is 11.8. The lowest BCUT2D eigenvalue weighted by atomic mass is 10.2. The first-order valence-corrected chi connectivity index (χ1v) is 7.42. The van der Waals surface area contributed by atoms with Crippen molar-refractivity contribution in [1.29, 1.82) is 0 Å². The molecule has 104 valence electrons. The number of hydrogen-bond acceptors (Lipinski definition) is 3. The molecule has 0 aliphatic carbocycles. The topological polar surface area (TPSA) is 49.3 Å². The van der Waals surface area contributed by atoms with E-state index in [1.165, 1.54) is 11.8 Å². The third-order valence-electron chi connectivity index (χ3n) is 2.56. The first-order chi connectivity index (χ1) is 9.67. The summed E-state index contributed by atoms with van der Waals surface area (Å²) < 4.78 is 0. The molecule has 0 radical (unpaired) electrons. The number of carbonyl (C=O) groups excluding carboxylic acids is 1. The lowest BCUT2D eigenvalue weighted by Gasteiger charge is -2.06. The van der Waals surface area contributed by atoms with E-state index < -0.39 is 0 Å². The average Bonchev–Trinajstić information content (AvgIpc) is 2.45. The van der Waals surface area contributed by atoms with Gasteiger partial charge in [-0.25, -0.2) is 0 Å². The molecule has 0 aromatic heterocycles. The maximum atomic E-state index is 11.8. The molecule has 5 heteroatoms. The van der Waals surface area contributed by atoms with E-state index in [-0.39, 0.29) is 12.5 Å². The number of thioether (sulfide) groups is 1. The monoisotopic (exact) mass is 307 g/mol. The summed E-state index contributed by atoms with van der Waals surface area (Å²) in [5, 5.41) is 12.4. The Morgan fingerprint density at radius 1 is 1.20 bits per heavy atom. The fourth-order valence-corrected chi connectivity index (χ4v) is 2.62. The second kappa shape index (κ2) is 7.33. The first-order valence-electron chi connectivity index (χ1n) is 6.05. The summed E-state index contributed by atoms with van der Waals surface area (Å²) in [4.78, 5) is 12.8. The number of anilines is 1. The van der Waals surface area contributed by atoms with E-state index >= 15 is 0 Å². The highest BCUT2D eigenvalue weighted by atomic mass is 35.5. The van der Waals surface area contributed by atoms with Gasteiger partial charge in [0.15, 0.2) is 0 Å². The fraction of sp³-hybridized carbons (Fsp3) is 0.133. The quantitative estimate of drug-likeness (QED) is 0.830. The Hall–Kier alpha value is -1.49.